The molecule has 0 unspecified atom stereocenters. The first-order valence-electron chi connectivity index (χ1n) is 5.44. The Bertz CT molecular complexity index is 444. The van der Waals surface area contributed by atoms with Crippen LogP contribution in [0.3, 0.4) is 0 Å². The summed E-state index contributed by atoms with van der Waals surface area (Å²) >= 11 is 5.73. The van der Waals surface area contributed by atoms with E-state index in [9.17, 15) is 9.59 Å². The van der Waals surface area contributed by atoms with Crippen LogP contribution in [0.5, 0.6) is 0 Å². The molecule has 1 aliphatic rings. The van der Waals surface area contributed by atoms with Gasteiger partial charge < -0.3 is 15.0 Å². The monoisotopic (exact) mass is 256 g/mol. The van der Waals surface area contributed by atoms with E-state index in [0.29, 0.717) is 23.7 Å². The predicted octanol–water partition coefficient (Wildman–Crippen LogP) is 1.60. The maximum Gasteiger partial charge on any atom is 0.308 e. The molecule has 92 valence electrons. The number of carbonyl (C=O) groups is 2. The molecule has 0 bridgehead atoms. The van der Waals surface area contributed by atoms with Gasteiger partial charge in [-0.05, 0) is 18.9 Å². The molecular weight excluding hydrogens is 244 g/mol. The van der Waals surface area contributed by atoms with Gasteiger partial charge in [-0.25, -0.2) is 0 Å². The number of aromatic nitrogens is 1. The summed E-state index contributed by atoms with van der Waals surface area (Å²) in [5.41, 5.74) is 0.404. The van der Waals surface area contributed by atoms with Crippen LogP contribution in [0.1, 0.15) is 23.3 Å². The Morgan fingerprint density at radius 1 is 1.53 bits per heavy atom. The number of likely N-dealkylation sites (tertiary alicyclic amines) is 1. The van der Waals surface area contributed by atoms with Crippen molar-refractivity contribution in [2.45, 2.75) is 12.8 Å². The molecule has 1 aliphatic heterocycles. The molecule has 1 aromatic heterocycles. The third-order valence-corrected chi connectivity index (χ3v) is 3.15. The molecule has 0 radical (unpaired) electrons. The van der Waals surface area contributed by atoms with E-state index in [1.807, 2.05) is 0 Å². The van der Waals surface area contributed by atoms with Gasteiger partial charge >= 0.3 is 5.97 Å². The van der Waals surface area contributed by atoms with Gasteiger partial charge in [0.15, 0.2) is 0 Å². The van der Waals surface area contributed by atoms with E-state index in [-0.39, 0.29) is 12.5 Å². The van der Waals surface area contributed by atoms with Crippen molar-refractivity contribution in [3.8, 4) is 0 Å². The molecular formula is C11H13ClN2O3. The van der Waals surface area contributed by atoms with E-state index in [4.69, 9.17) is 16.7 Å². The number of aliphatic carboxylic acids is 1. The lowest BCUT2D eigenvalue weighted by Crippen LogP contribution is -2.42. The first-order valence-corrected chi connectivity index (χ1v) is 5.81. The highest BCUT2D eigenvalue weighted by atomic mass is 35.5. The zero-order valence-corrected chi connectivity index (χ0v) is 9.91. The largest absolute Gasteiger partial charge is 0.481 e. The van der Waals surface area contributed by atoms with Crippen molar-refractivity contribution in [2.75, 3.05) is 13.1 Å². The quantitative estimate of drug-likeness (QED) is 0.844. The number of nitrogens with zero attached hydrogens (tertiary/aromatic N) is 1. The summed E-state index contributed by atoms with van der Waals surface area (Å²) in [6.07, 6.45) is 2.88. The van der Waals surface area contributed by atoms with Crippen LogP contribution < -0.4 is 0 Å². The van der Waals surface area contributed by atoms with Gasteiger partial charge in [-0.1, -0.05) is 11.6 Å². The Balaban J connectivity index is 2.07. The van der Waals surface area contributed by atoms with Crippen LogP contribution in [0.15, 0.2) is 12.3 Å². The standard InChI is InChI=1S/C11H13ClN2O3/c12-8-4-9(13-5-8)10(15)14-3-1-2-7(6-14)11(16)17/h4-5,7,13H,1-3,6H2,(H,16,17)/t7-/m1/s1. The highest BCUT2D eigenvalue weighted by molar-refractivity contribution is 6.30. The molecule has 1 atom stereocenters. The number of hydrogen-bond acceptors (Lipinski definition) is 2. The molecule has 0 aliphatic carbocycles. The van der Waals surface area contributed by atoms with E-state index in [1.54, 1.807) is 11.0 Å². The molecule has 6 heteroatoms. The van der Waals surface area contributed by atoms with E-state index < -0.39 is 11.9 Å². The zero-order chi connectivity index (χ0) is 12.4. The van der Waals surface area contributed by atoms with Gasteiger partial charge in [0.05, 0.1) is 10.9 Å². The number of rotatable bonds is 2. The Hall–Kier alpha value is -1.49. The second-order valence-electron chi connectivity index (χ2n) is 4.16. The first kappa shape index (κ1) is 12.0. The summed E-state index contributed by atoms with van der Waals surface area (Å²) in [6, 6.07) is 1.55. The summed E-state index contributed by atoms with van der Waals surface area (Å²) in [5.74, 6) is -1.49. The van der Waals surface area contributed by atoms with E-state index >= 15 is 0 Å². The fourth-order valence-electron chi connectivity index (χ4n) is 2.02. The number of hydrogen-bond donors (Lipinski definition) is 2. The first-order chi connectivity index (χ1) is 8.08. The van der Waals surface area contributed by atoms with Crippen molar-refractivity contribution in [3.05, 3.63) is 23.0 Å². The maximum atomic E-state index is 12.0. The summed E-state index contributed by atoms with van der Waals surface area (Å²) in [7, 11) is 0. The van der Waals surface area contributed by atoms with E-state index in [2.05, 4.69) is 4.98 Å². The molecule has 1 saturated heterocycles. The van der Waals surface area contributed by atoms with Crippen molar-refractivity contribution < 1.29 is 14.7 Å². The summed E-state index contributed by atoms with van der Waals surface area (Å²) < 4.78 is 0. The minimum atomic E-state index is -0.841. The molecule has 2 heterocycles. The second kappa shape index (κ2) is 4.79. The summed E-state index contributed by atoms with van der Waals surface area (Å²) in [5, 5.41) is 9.42. The average molecular weight is 257 g/mol. The normalized spacial score (nSPS) is 20.3. The van der Waals surface area contributed by atoms with Gasteiger partial charge in [-0.15, -0.1) is 0 Å². The third-order valence-electron chi connectivity index (χ3n) is 2.94. The van der Waals surface area contributed by atoms with Gasteiger partial charge in [0.25, 0.3) is 5.91 Å². The van der Waals surface area contributed by atoms with Gasteiger partial charge in [-0.2, -0.15) is 0 Å². The molecule has 0 saturated carbocycles. The molecule has 2 N–H and O–H groups in total. The van der Waals surface area contributed by atoms with Crippen LogP contribution in [-0.2, 0) is 4.79 Å². The molecule has 17 heavy (non-hydrogen) atoms. The number of carboxylic acids is 1. The highest BCUT2D eigenvalue weighted by Crippen LogP contribution is 2.19. The zero-order valence-electron chi connectivity index (χ0n) is 9.15. The Kier molecular flexibility index (Phi) is 3.38. The van der Waals surface area contributed by atoms with Crippen LogP contribution in [0, 0.1) is 5.92 Å². The molecule has 2 rings (SSSR count). The number of carbonyl (C=O) groups excluding carboxylic acids is 1. The highest BCUT2D eigenvalue weighted by Gasteiger charge is 2.29. The Morgan fingerprint density at radius 3 is 2.88 bits per heavy atom. The number of piperidine rings is 1. The summed E-state index contributed by atoms with van der Waals surface area (Å²) in [4.78, 5) is 27.3. The van der Waals surface area contributed by atoms with Crippen LogP contribution in [0.4, 0.5) is 0 Å². The van der Waals surface area contributed by atoms with E-state index in [0.717, 1.165) is 6.42 Å². The molecule has 1 amide bonds. The fraction of sp³-hybridized carbons (Fsp3) is 0.455. The van der Waals surface area contributed by atoms with Gasteiger partial charge in [0.2, 0.25) is 0 Å². The number of halogens is 1. The maximum absolute atomic E-state index is 12.0. The lowest BCUT2D eigenvalue weighted by molar-refractivity contribution is -0.143. The SMILES string of the molecule is O=C(O)[C@@H]1CCCN(C(=O)c2cc(Cl)c[nH]2)C1. The van der Waals surface area contributed by atoms with Crippen molar-refractivity contribution in [1.29, 1.82) is 0 Å². The molecule has 5 nitrogen and oxygen atoms in total. The van der Waals surface area contributed by atoms with Gasteiger partial charge in [0.1, 0.15) is 5.69 Å². The molecule has 1 aromatic rings. The molecule has 0 aromatic carbocycles. The topological polar surface area (TPSA) is 73.4 Å². The van der Waals surface area contributed by atoms with Gasteiger partial charge in [-0.3, -0.25) is 9.59 Å². The Labute approximate surface area is 103 Å². The lowest BCUT2D eigenvalue weighted by Gasteiger charge is -2.30. The number of nitrogens with one attached hydrogen (secondary N) is 1. The summed E-state index contributed by atoms with van der Waals surface area (Å²) in [6.45, 7) is 0.865. The average Bonchev–Trinajstić information content (AvgIpc) is 2.75. The van der Waals surface area contributed by atoms with Crippen LogP contribution >= 0.6 is 11.6 Å². The van der Waals surface area contributed by atoms with Crippen LogP contribution in [0.25, 0.3) is 0 Å². The lowest BCUT2D eigenvalue weighted by atomic mass is 9.98. The second-order valence-corrected chi connectivity index (χ2v) is 4.60. The minimum Gasteiger partial charge on any atom is -0.481 e. The number of H-pyrrole nitrogens is 1. The molecule has 1 fully saturated rings. The van der Waals surface area contributed by atoms with Crippen molar-refractivity contribution >= 4 is 23.5 Å². The number of carboxylic acid groups (broad SMARTS) is 1. The fourth-order valence-corrected chi connectivity index (χ4v) is 2.19. The number of amides is 1. The smallest absolute Gasteiger partial charge is 0.308 e. The van der Waals surface area contributed by atoms with Gasteiger partial charge in [0, 0.05) is 19.3 Å². The van der Waals surface area contributed by atoms with E-state index in [1.165, 1.54) is 6.20 Å². The van der Waals surface area contributed by atoms with Crippen LogP contribution in [-0.4, -0.2) is 40.0 Å². The number of aromatic amines is 1. The predicted molar refractivity (Wildman–Crippen MR) is 62.1 cm³/mol. The molecule has 0 spiro atoms. The van der Waals surface area contributed by atoms with Crippen molar-refractivity contribution in [2.24, 2.45) is 5.92 Å². The minimum absolute atomic E-state index is 0.192. The van der Waals surface area contributed by atoms with Crippen LogP contribution in [0.2, 0.25) is 5.02 Å². The Morgan fingerprint density at radius 2 is 2.29 bits per heavy atom. The third kappa shape index (κ3) is 2.61. The van der Waals surface area contributed by atoms with Crippen molar-refractivity contribution in [3.63, 3.8) is 0 Å². The van der Waals surface area contributed by atoms with Crippen molar-refractivity contribution in [1.82, 2.24) is 9.88 Å².